The molecule has 1 aliphatic heterocycles. The first kappa shape index (κ1) is 23.8. The third kappa shape index (κ3) is 7.39. The zero-order chi connectivity index (χ0) is 22.5. The lowest BCUT2D eigenvalue weighted by atomic mass is 9.97. The molecule has 0 N–H and O–H groups in total. The van der Waals surface area contributed by atoms with Crippen molar-refractivity contribution in [1.82, 2.24) is 9.80 Å². The predicted octanol–water partition coefficient (Wildman–Crippen LogP) is 4.82. The number of benzene rings is 1. The fourth-order valence-corrected chi connectivity index (χ4v) is 3.31. The number of hydrogen-bond donors (Lipinski definition) is 0. The molecule has 166 valence electrons. The fourth-order valence-electron chi connectivity index (χ4n) is 3.31. The van der Waals surface area contributed by atoms with Crippen LogP contribution in [0.5, 0.6) is 0 Å². The van der Waals surface area contributed by atoms with Gasteiger partial charge in [0.05, 0.1) is 5.56 Å². The molecule has 1 aromatic rings. The Kier molecular flexibility index (Phi) is 7.55. The molecular weight excluding hydrogens is 397 g/mol. The quantitative estimate of drug-likeness (QED) is 0.649. The fraction of sp³-hybridized carbons (Fsp3) is 0.545. The zero-order valence-corrected chi connectivity index (χ0v) is 17.8. The Morgan fingerprint density at radius 1 is 1.27 bits per heavy atom. The van der Waals surface area contributed by atoms with Gasteiger partial charge >= 0.3 is 12.3 Å². The van der Waals surface area contributed by atoms with Crippen LogP contribution in [0.2, 0.25) is 0 Å². The molecule has 1 aromatic carbocycles. The second kappa shape index (κ2) is 9.53. The minimum Gasteiger partial charge on any atom is -0.444 e. The van der Waals surface area contributed by atoms with E-state index in [1.807, 2.05) is 0 Å². The topological polar surface area (TPSA) is 49.9 Å². The molecule has 0 aromatic heterocycles. The number of hydrogen-bond acceptors (Lipinski definition) is 3. The third-order valence-corrected chi connectivity index (χ3v) is 4.70. The van der Waals surface area contributed by atoms with Crippen LogP contribution in [0, 0.1) is 5.92 Å². The maximum atomic E-state index is 12.8. The van der Waals surface area contributed by atoms with Gasteiger partial charge in [-0.1, -0.05) is 12.1 Å². The summed E-state index contributed by atoms with van der Waals surface area (Å²) in [6, 6.07) is 4.85. The highest BCUT2D eigenvalue weighted by molar-refractivity contribution is 5.91. The van der Waals surface area contributed by atoms with E-state index in [0.717, 1.165) is 25.0 Å². The van der Waals surface area contributed by atoms with Gasteiger partial charge in [0, 0.05) is 32.8 Å². The van der Waals surface area contributed by atoms with E-state index < -0.39 is 23.4 Å². The van der Waals surface area contributed by atoms with Crippen LogP contribution in [0.1, 0.15) is 44.7 Å². The average molecular weight is 426 g/mol. The van der Waals surface area contributed by atoms with E-state index in [2.05, 4.69) is 0 Å². The van der Waals surface area contributed by atoms with Crippen molar-refractivity contribution in [1.29, 1.82) is 0 Å². The van der Waals surface area contributed by atoms with E-state index in [4.69, 9.17) is 4.74 Å². The second-order valence-corrected chi connectivity index (χ2v) is 8.61. The summed E-state index contributed by atoms with van der Waals surface area (Å²) in [5.74, 6) is -0.140. The van der Waals surface area contributed by atoms with E-state index in [0.29, 0.717) is 25.2 Å². The molecule has 1 heterocycles. The summed E-state index contributed by atoms with van der Waals surface area (Å²) in [6.45, 7) is 6.94. The van der Waals surface area contributed by atoms with Gasteiger partial charge in [-0.15, -0.1) is 0 Å². The molecule has 0 saturated carbocycles. The number of rotatable bonds is 4. The molecule has 0 bridgehead atoms. The lowest BCUT2D eigenvalue weighted by Gasteiger charge is -2.34. The van der Waals surface area contributed by atoms with Crippen molar-refractivity contribution in [3.63, 3.8) is 0 Å². The Morgan fingerprint density at radius 3 is 2.60 bits per heavy atom. The molecule has 0 aliphatic carbocycles. The van der Waals surface area contributed by atoms with Crippen LogP contribution < -0.4 is 0 Å². The Hall–Kier alpha value is -2.51. The van der Waals surface area contributed by atoms with Crippen molar-refractivity contribution < 1.29 is 27.5 Å². The number of carbonyl (C=O) groups excluding carboxylic acids is 2. The van der Waals surface area contributed by atoms with E-state index in [1.54, 1.807) is 32.7 Å². The number of carbonyl (C=O) groups is 2. The van der Waals surface area contributed by atoms with Gasteiger partial charge in [0.2, 0.25) is 5.91 Å². The highest BCUT2D eigenvalue weighted by Crippen LogP contribution is 2.29. The molecule has 0 radical (unpaired) electrons. The second-order valence-electron chi connectivity index (χ2n) is 8.61. The van der Waals surface area contributed by atoms with Crippen LogP contribution >= 0.6 is 0 Å². The van der Waals surface area contributed by atoms with Gasteiger partial charge in [-0.25, -0.2) is 4.79 Å². The Bertz CT molecular complexity index is 785. The van der Waals surface area contributed by atoms with E-state index >= 15 is 0 Å². The monoisotopic (exact) mass is 426 g/mol. The summed E-state index contributed by atoms with van der Waals surface area (Å²) in [4.78, 5) is 27.8. The van der Waals surface area contributed by atoms with Crippen LogP contribution in [-0.2, 0) is 15.7 Å². The van der Waals surface area contributed by atoms with E-state index in [9.17, 15) is 22.8 Å². The Morgan fingerprint density at radius 2 is 1.97 bits per heavy atom. The molecule has 8 heteroatoms. The largest absolute Gasteiger partial charge is 0.444 e. The smallest absolute Gasteiger partial charge is 0.416 e. The first-order valence-electron chi connectivity index (χ1n) is 9.93. The minimum absolute atomic E-state index is 0.113. The summed E-state index contributed by atoms with van der Waals surface area (Å²) >= 11 is 0. The highest BCUT2D eigenvalue weighted by Gasteiger charge is 2.30. The number of ether oxygens (including phenoxy) is 1. The zero-order valence-electron chi connectivity index (χ0n) is 17.8. The minimum atomic E-state index is -4.42. The standard InChI is InChI=1S/C22H29F3N2O3/c1-21(2,3)30-20(29)26(4)14-17-8-6-12-27(15-17)19(28)11-10-16-7-5-9-18(13-16)22(23,24)25/h5,7,9-11,13,17H,6,8,12,14-15H2,1-4H3/b11-10+. The first-order valence-corrected chi connectivity index (χ1v) is 9.93. The molecule has 1 unspecified atom stereocenters. The molecule has 0 spiro atoms. The number of alkyl halides is 3. The Balaban J connectivity index is 1.94. The molecule has 1 aliphatic rings. The van der Waals surface area contributed by atoms with Crippen LogP contribution in [0.3, 0.4) is 0 Å². The number of piperidine rings is 1. The summed E-state index contributed by atoms with van der Waals surface area (Å²) in [7, 11) is 1.67. The third-order valence-electron chi connectivity index (χ3n) is 4.70. The van der Waals surface area contributed by atoms with Crippen LogP contribution in [0.25, 0.3) is 6.08 Å². The van der Waals surface area contributed by atoms with Crippen molar-refractivity contribution >= 4 is 18.1 Å². The number of nitrogens with zero attached hydrogens (tertiary/aromatic N) is 2. The summed E-state index contributed by atoms with van der Waals surface area (Å²) in [6.07, 6.45) is -0.447. The van der Waals surface area contributed by atoms with Gasteiger partial charge in [0.15, 0.2) is 0 Å². The maximum Gasteiger partial charge on any atom is 0.416 e. The van der Waals surface area contributed by atoms with Gasteiger partial charge < -0.3 is 14.5 Å². The molecule has 30 heavy (non-hydrogen) atoms. The van der Waals surface area contributed by atoms with Crippen molar-refractivity contribution in [2.45, 2.75) is 45.4 Å². The van der Waals surface area contributed by atoms with Crippen molar-refractivity contribution in [3.8, 4) is 0 Å². The van der Waals surface area contributed by atoms with E-state index in [1.165, 1.54) is 29.2 Å². The van der Waals surface area contributed by atoms with Crippen molar-refractivity contribution in [2.24, 2.45) is 5.92 Å². The molecule has 1 atom stereocenters. The average Bonchev–Trinajstić information content (AvgIpc) is 2.64. The molecule has 2 rings (SSSR count). The van der Waals surface area contributed by atoms with Gasteiger partial charge in [-0.05, 0) is 63.3 Å². The van der Waals surface area contributed by atoms with Gasteiger partial charge in [0.25, 0.3) is 0 Å². The van der Waals surface area contributed by atoms with Gasteiger partial charge in [-0.2, -0.15) is 13.2 Å². The van der Waals surface area contributed by atoms with Gasteiger partial charge in [-0.3, -0.25) is 4.79 Å². The van der Waals surface area contributed by atoms with Crippen LogP contribution in [-0.4, -0.2) is 54.1 Å². The molecule has 2 amide bonds. The lowest BCUT2D eigenvalue weighted by Crippen LogP contribution is -2.44. The van der Waals surface area contributed by atoms with Crippen molar-refractivity contribution in [3.05, 3.63) is 41.5 Å². The molecule has 1 saturated heterocycles. The van der Waals surface area contributed by atoms with Crippen LogP contribution in [0.4, 0.5) is 18.0 Å². The molecule has 1 fully saturated rings. The van der Waals surface area contributed by atoms with E-state index in [-0.39, 0.29) is 11.8 Å². The van der Waals surface area contributed by atoms with Gasteiger partial charge in [0.1, 0.15) is 5.60 Å². The normalized spacial score (nSPS) is 17.8. The summed E-state index contributed by atoms with van der Waals surface area (Å²) in [5, 5.41) is 0. The summed E-state index contributed by atoms with van der Waals surface area (Å²) < 4.78 is 43.8. The maximum absolute atomic E-state index is 12.8. The molecular formula is C22H29F3N2O3. The molecule has 5 nitrogen and oxygen atoms in total. The lowest BCUT2D eigenvalue weighted by molar-refractivity contribution is -0.137. The Labute approximate surface area is 175 Å². The van der Waals surface area contributed by atoms with Crippen LogP contribution in [0.15, 0.2) is 30.3 Å². The highest BCUT2D eigenvalue weighted by atomic mass is 19.4. The predicted molar refractivity (Wildman–Crippen MR) is 109 cm³/mol. The number of halogens is 3. The first-order chi connectivity index (χ1) is 13.8. The number of likely N-dealkylation sites (tertiary alicyclic amines) is 1. The van der Waals surface area contributed by atoms with Crippen molar-refractivity contribution in [2.75, 3.05) is 26.7 Å². The number of amides is 2. The summed E-state index contributed by atoms with van der Waals surface area (Å²) in [5.41, 5.74) is -1.01. The SMILES string of the molecule is CN(CC1CCCN(C(=O)/C=C/c2cccc(C(F)(F)F)c2)C1)C(=O)OC(C)(C)C.